The topological polar surface area (TPSA) is 66.5 Å². The Morgan fingerprint density at radius 2 is 2.10 bits per heavy atom. The standard InChI is InChI=1S/C14H15N5S/c1-10(20-11-5-3-2-4-6-11)7-15-13-12-8-18-19-14(12)17-9-16-13/h2-6,8-10H,7H2,1H3,(H2,15,16,17,18,19). The SMILES string of the molecule is CC(CNc1ncnc2[nH]ncc12)Sc1ccccc1. The van der Waals surface area contributed by atoms with Gasteiger partial charge in [0.05, 0.1) is 11.6 Å². The molecule has 2 N–H and O–H groups in total. The summed E-state index contributed by atoms with van der Waals surface area (Å²) in [4.78, 5) is 9.66. The van der Waals surface area contributed by atoms with Crippen molar-refractivity contribution in [2.24, 2.45) is 0 Å². The molecule has 3 rings (SSSR count). The molecule has 3 aromatic rings. The van der Waals surface area contributed by atoms with Gasteiger partial charge in [0.2, 0.25) is 0 Å². The summed E-state index contributed by atoms with van der Waals surface area (Å²) in [6.07, 6.45) is 3.28. The van der Waals surface area contributed by atoms with Gasteiger partial charge in [0.1, 0.15) is 12.1 Å². The zero-order valence-electron chi connectivity index (χ0n) is 11.1. The van der Waals surface area contributed by atoms with E-state index < -0.39 is 0 Å². The molecule has 0 aliphatic heterocycles. The minimum Gasteiger partial charge on any atom is -0.368 e. The third kappa shape index (κ3) is 2.91. The van der Waals surface area contributed by atoms with E-state index in [-0.39, 0.29) is 0 Å². The Bertz CT molecular complexity index is 682. The molecule has 2 aromatic heterocycles. The molecule has 0 aliphatic carbocycles. The Kier molecular flexibility index (Phi) is 3.83. The molecule has 0 fully saturated rings. The first kappa shape index (κ1) is 12.9. The van der Waals surface area contributed by atoms with Gasteiger partial charge in [0.25, 0.3) is 0 Å². The summed E-state index contributed by atoms with van der Waals surface area (Å²) >= 11 is 1.84. The van der Waals surface area contributed by atoms with E-state index >= 15 is 0 Å². The second kappa shape index (κ2) is 5.92. The zero-order valence-corrected chi connectivity index (χ0v) is 11.9. The Morgan fingerprint density at radius 3 is 2.95 bits per heavy atom. The Labute approximate surface area is 121 Å². The van der Waals surface area contributed by atoms with Crippen molar-refractivity contribution in [2.75, 3.05) is 11.9 Å². The Morgan fingerprint density at radius 1 is 1.25 bits per heavy atom. The first-order chi connectivity index (χ1) is 9.83. The fourth-order valence-corrected chi connectivity index (χ4v) is 2.86. The smallest absolute Gasteiger partial charge is 0.160 e. The number of rotatable bonds is 5. The number of anilines is 1. The van der Waals surface area contributed by atoms with Crippen LogP contribution in [0.3, 0.4) is 0 Å². The molecule has 2 heterocycles. The van der Waals surface area contributed by atoms with Crippen molar-refractivity contribution in [1.29, 1.82) is 0 Å². The molecule has 102 valence electrons. The monoisotopic (exact) mass is 285 g/mol. The summed E-state index contributed by atoms with van der Waals surface area (Å²) in [5.74, 6) is 0.823. The molecule has 1 unspecified atom stereocenters. The maximum absolute atomic E-state index is 4.27. The molecule has 0 bridgehead atoms. The summed E-state index contributed by atoms with van der Waals surface area (Å²) < 4.78 is 0. The molecule has 1 atom stereocenters. The third-order valence-electron chi connectivity index (χ3n) is 2.89. The van der Waals surface area contributed by atoms with Crippen molar-refractivity contribution >= 4 is 28.6 Å². The Hall–Kier alpha value is -2.08. The molecule has 0 spiro atoms. The predicted octanol–water partition coefficient (Wildman–Crippen LogP) is 2.95. The summed E-state index contributed by atoms with van der Waals surface area (Å²) in [5.41, 5.74) is 0.755. The number of nitrogens with one attached hydrogen (secondary N) is 2. The highest BCUT2D eigenvalue weighted by molar-refractivity contribution is 8.00. The molecule has 0 radical (unpaired) electrons. The summed E-state index contributed by atoms with van der Waals surface area (Å²) in [7, 11) is 0. The summed E-state index contributed by atoms with van der Waals surface area (Å²) in [6.45, 7) is 3.02. The van der Waals surface area contributed by atoms with Crippen LogP contribution in [0, 0.1) is 0 Å². The molecule has 0 saturated carbocycles. The number of fused-ring (bicyclic) bond motifs is 1. The van der Waals surface area contributed by atoms with Crippen LogP contribution >= 0.6 is 11.8 Å². The molecule has 0 saturated heterocycles. The van der Waals surface area contributed by atoms with Crippen molar-refractivity contribution in [1.82, 2.24) is 20.2 Å². The van der Waals surface area contributed by atoms with Gasteiger partial charge in [0, 0.05) is 16.7 Å². The third-order valence-corrected chi connectivity index (χ3v) is 4.00. The van der Waals surface area contributed by atoms with E-state index in [0.717, 1.165) is 23.4 Å². The molecule has 20 heavy (non-hydrogen) atoms. The molecule has 6 heteroatoms. The summed E-state index contributed by atoms with van der Waals surface area (Å²) in [5, 5.41) is 11.5. The molecule has 1 aromatic carbocycles. The molecular weight excluding hydrogens is 270 g/mol. The normalized spacial score (nSPS) is 12.4. The van der Waals surface area contributed by atoms with Crippen LogP contribution in [0.1, 0.15) is 6.92 Å². The molecule has 0 aliphatic rings. The second-order valence-corrected chi connectivity index (χ2v) is 5.99. The number of H-pyrrole nitrogens is 1. The largest absolute Gasteiger partial charge is 0.368 e. The van der Waals surface area contributed by atoms with Crippen molar-refractivity contribution in [3.8, 4) is 0 Å². The lowest BCUT2D eigenvalue weighted by Gasteiger charge is -2.13. The summed E-state index contributed by atoms with van der Waals surface area (Å²) in [6, 6.07) is 10.4. The van der Waals surface area contributed by atoms with E-state index in [4.69, 9.17) is 0 Å². The number of thioether (sulfide) groups is 1. The average molecular weight is 285 g/mol. The maximum atomic E-state index is 4.27. The van der Waals surface area contributed by atoms with Crippen LogP contribution in [-0.4, -0.2) is 32.0 Å². The van der Waals surface area contributed by atoms with E-state index in [1.54, 1.807) is 6.20 Å². The predicted molar refractivity (Wildman–Crippen MR) is 81.9 cm³/mol. The molecule has 0 amide bonds. The van der Waals surface area contributed by atoms with Gasteiger partial charge in [0.15, 0.2) is 5.65 Å². The van der Waals surface area contributed by atoms with Crippen LogP contribution in [0.4, 0.5) is 5.82 Å². The van der Waals surface area contributed by atoms with Crippen molar-refractivity contribution in [2.45, 2.75) is 17.1 Å². The number of benzene rings is 1. The fourth-order valence-electron chi connectivity index (χ4n) is 1.92. The lowest BCUT2D eigenvalue weighted by Crippen LogP contribution is -2.14. The second-order valence-electron chi connectivity index (χ2n) is 4.48. The first-order valence-electron chi connectivity index (χ1n) is 6.42. The maximum Gasteiger partial charge on any atom is 0.160 e. The van der Waals surface area contributed by atoms with Crippen LogP contribution in [0.25, 0.3) is 11.0 Å². The van der Waals surface area contributed by atoms with E-state index in [1.165, 1.54) is 11.2 Å². The van der Waals surface area contributed by atoms with Crippen LogP contribution in [0.2, 0.25) is 0 Å². The van der Waals surface area contributed by atoms with Crippen LogP contribution in [0.15, 0.2) is 47.8 Å². The van der Waals surface area contributed by atoms with Crippen molar-refractivity contribution in [3.63, 3.8) is 0 Å². The van der Waals surface area contributed by atoms with Gasteiger partial charge in [-0.2, -0.15) is 5.10 Å². The quantitative estimate of drug-likeness (QED) is 0.706. The van der Waals surface area contributed by atoms with Crippen LogP contribution < -0.4 is 5.32 Å². The lowest BCUT2D eigenvalue weighted by molar-refractivity contribution is 0.987. The van der Waals surface area contributed by atoms with Crippen molar-refractivity contribution < 1.29 is 0 Å². The number of aromatic amines is 1. The lowest BCUT2D eigenvalue weighted by atomic mass is 10.4. The highest BCUT2D eigenvalue weighted by Crippen LogP contribution is 2.23. The molecule has 5 nitrogen and oxygen atoms in total. The Balaban J connectivity index is 1.63. The number of aromatic nitrogens is 4. The number of hydrogen-bond acceptors (Lipinski definition) is 5. The van der Waals surface area contributed by atoms with Gasteiger partial charge < -0.3 is 5.32 Å². The van der Waals surface area contributed by atoms with Crippen LogP contribution in [-0.2, 0) is 0 Å². The van der Waals surface area contributed by atoms with Gasteiger partial charge in [-0.15, -0.1) is 11.8 Å². The van der Waals surface area contributed by atoms with Gasteiger partial charge >= 0.3 is 0 Å². The fraction of sp³-hybridized carbons (Fsp3) is 0.214. The van der Waals surface area contributed by atoms with Gasteiger partial charge in [-0.1, -0.05) is 25.1 Å². The molecular formula is C14H15N5S. The minimum absolute atomic E-state index is 0.439. The van der Waals surface area contributed by atoms with Crippen LogP contribution in [0.5, 0.6) is 0 Å². The number of nitrogens with zero attached hydrogens (tertiary/aromatic N) is 3. The van der Waals surface area contributed by atoms with Gasteiger partial charge in [-0.25, -0.2) is 9.97 Å². The van der Waals surface area contributed by atoms with E-state index in [2.05, 4.69) is 56.7 Å². The average Bonchev–Trinajstić information content (AvgIpc) is 2.95. The number of hydrogen-bond donors (Lipinski definition) is 2. The van der Waals surface area contributed by atoms with E-state index in [0.29, 0.717) is 5.25 Å². The minimum atomic E-state index is 0.439. The highest BCUT2D eigenvalue weighted by atomic mass is 32.2. The van der Waals surface area contributed by atoms with E-state index in [1.807, 2.05) is 17.8 Å². The zero-order chi connectivity index (χ0) is 13.8. The first-order valence-corrected chi connectivity index (χ1v) is 7.30. The van der Waals surface area contributed by atoms with E-state index in [9.17, 15) is 0 Å². The van der Waals surface area contributed by atoms with Crippen molar-refractivity contribution in [3.05, 3.63) is 42.9 Å². The van der Waals surface area contributed by atoms with Gasteiger partial charge in [-0.3, -0.25) is 5.10 Å². The highest BCUT2D eigenvalue weighted by Gasteiger charge is 2.08. The van der Waals surface area contributed by atoms with Gasteiger partial charge in [-0.05, 0) is 12.1 Å².